The fraction of sp³-hybridized carbons (Fsp3) is 0.343. The molecule has 1 aliphatic carbocycles. The second kappa shape index (κ2) is 12.6. The predicted molar refractivity (Wildman–Crippen MR) is 172 cm³/mol. The number of nitrogens with one attached hydrogen (secondary N) is 3. The van der Waals surface area contributed by atoms with E-state index < -0.39 is 40.9 Å². The number of H-pyrrole nitrogens is 1. The topological polar surface area (TPSA) is 147 Å². The summed E-state index contributed by atoms with van der Waals surface area (Å²) in [7, 11) is 1.32. The van der Waals surface area contributed by atoms with Crippen LogP contribution in [0.25, 0.3) is 22.0 Å². The molecule has 242 valence electrons. The summed E-state index contributed by atoms with van der Waals surface area (Å²) in [6.07, 6.45) is 1.86. The van der Waals surface area contributed by atoms with Crippen LogP contribution in [0.3, 0.4) is 0 Å². The number of aromatic nitrogens is 1. The Morgan fingerprint density at radius 3 is 2.54 bits per heavy atom. The van der Waals surface area contributed by atoms with Gasteiger partial charge in [0.1, 0.15) is 5.82 Å². The van der Waals surface area contributed by atoms with Gasteiger partial charge in [-0.2, -0.15) is 0 Å². The maximum absolute atomic E-state index is 16.1. The lowest BCUT2D eigenvalue weighted by molar-refractivity contribution is 0.0107. The Balaban J connectivity index is 1.64. The summed E-state index contributed by atoms with van der Waals surface area (Å²) in [5.41, 5.74) is 8.78. The largest absolute Gasteiger partial charge is 0.412 e. The van der Waals surface area contributed by atoms with Gasteiger partial charge in [0.05, 0.1) is 22.2 Å². The van der Waals surface area contributed by atoms with Gasteiger partial charge in [0.15, 0.2) is 11.6 Å². The van der Waals surface area contributed by atoms with E-state index in [0.717, 1.165) is 23.4 Å². The highest BCUT2D eigenvalue weighted by Crippen LogP contribution is 2.44. The Bertz CT molecular complexity index is 1880. The van der Waals surface area contributed by atoms with Gasteiger partial charge in [-0.3, -0.25) is 9.59 Å². The van der Waals surface area contributed by atoms with Gasteiger partial charge >= 0.3 is 6.09 Å². The van der Waals surface area contributed by atoms with Crippen molar-refractivity contribution in [2.75, 3.05) is 12.4 Å². The minimum Gasteiger partial charge on any atom is -0.406 e. The Morgan fingerprint density at radius 2 is 1.89 bits per heavy atom. The van der Waals surface area contributed by atoms with E-state index in [9.17, 15) is 23.9 Å². The second-order valence-corrected chi connectivity index (χ2v) is 12.3. The molecule has 0 radical (unpaired) electrons. The lowest BCUT2D eigenvalue weighted by atomic mass is 9.77. The van der Waals surface area contributed by atoms with Crippen molar-refractivity contribution >= 4 is 34.5 Å². The molecule has 1 heterocycles. The maximum atomic E-state index is 16.1. The van der Waals surface area contributed by atoms with E-state index in [1.807, 2.05) is 6.92 Å². The highest BCUT2D eigenvalue weighted by Gasteiger charge is 2.34. The van der Waals surface area contributed by atoms with Crippen LogP contribution in [0.1, 0.15) is 76.7 Å². The number of halogens is 2. The number of primary amides is 1. The Morgan fingerprint density at radius 1 is 1.15 bits per heavy atom. The molecule has 5 rings (SSSR count). The SMILES string of the molecule is CCCc1ccc(F)c(OC(=O)NC)c1C(=O)Nc1cccc(-c2c(F)cc(C(N)=O)c3[nH]c4c(c23)CC[C@H](C(C)(C)O)C4)c1C. The van der Waals surface area contributed by atoms with Crippen LogP contribution in [0.4, 0.5) is 19.3 Å². The number of aromatic amines is 1. The minimum absolute atomic E-state index is 0.0192. The molecule has 0 saturated carbocycles. The molecule has 0 unspecified atom stereocenters. The van der Waals surface area contributed by atoms with Gasteiger partial charge in [-0.15, -0.1) is 0 Å². The van der Waals surface area contributed by atoms with Gasteiger partial charge < -0.3 is 31.2 Å². The first-order chi connectivity index (χ1) is 21.8. The average Bonchev–Trinajstić information content (AvgIpc) is 3.38. The van der Waals surface area contributed by atoms with E-state index in [4.69, 9.17) is 10.5 Å². The average molecular weight is 633 g/mol. The van der Waals surface area contributed by atoms with Crippen LogP contribution in [-0.2, 0) is 19.3 Å². The first-order valence-corrected chi connectivity index (χ1v) is 15.3. The van der Waals surface area contributed by atoms with Gasteiger partial charge in [-0.05, 0) is 92.8 Å². The van der Waals surface area contributed by atoms with Gasteiger partial charge in [0, 0.05) is 29.4 Å². The Hall–Kier alpha value is -4.77. The number of nitrogens with two attached hydrogens (primary N) is 1. The molecule has 3 amide bonds. The van der Waals surface area contributed by atoms with Gasteiger partial charge in [0.2, 0.25) is 0 Å². The first kappa shape index (κ1) is 32.6. The summed E-state index contributed by atoms with van der Waals surface area (Å²) in [6.45, 7) is 7.15. The van der Waals surface area contributed by atoms with E-state index in [-0.39, 0.29) is 22.6 Å². The van der Waals surface area contributed by atoms with Crippen molar-refractivity contribution in [2.45, 2.75) is 65.4 Å². The smallest absolute Gasteiger partial charge is 0.406 e. The van der Waals surface area contributed by atoms with Crippen molar-refractivity contribution in [3.63, 3.8) is 0 Å². The molecule has 0 bridgehead atoms. The number of carbonyl (C=O) groups excluding carboxylic acids is 3. The number of fused-ring (bicyclic) bond motifs is 3. The fourth-order valence-corrected chi connectivity index (χ4v) is 6.43. The molecule has 6 N–H and O–H groups in total. The molecule has 0 spiro atoms. The third kappa shape index (κ3) is 5.94. The standard InChI is InChI=1S/C35H38F2N4O5/c1-6-8-18-11-14-23(36)31(46-34(44)39-5)27(18)33(43)41-25-10-7-9-20(17(25)2)28-24(37)16-22(32(38)42)30-29(28)21-13-12-19(35(3,4)45)15-26(21)40-30/h7,9-11,14,16,19,40,45H,6,8,12-13,15H2,1-5H3,(H2,38,42)(H,39,44)(H,41,43)/t19-/m0/s1. The number of amides is 3. The zero-order valence-electron chi connectivity index (χ0n) is 26.5. The van der Waals surface area contributed by atoms with Gasteiger partial charge in [0.25, 0.3) is 11.8 Å². The molecule has 0 aliphatic heterocycles. The van der Waals surface area contributed by atoms with Gasteiger partial charge in [-0.1, -0.05) is 31.5 Å². The molecule has 11 heteroatoms. The monoisotopic (exact) mass is 632 g/mol. The van der Waals surface area contributed by atoms with Crippen molar-refractivity contribution < 1.29 is 33.0 Å². The van der Waals surface area contributed by atoms with E-state index in [0.29, 0.717) is 65.4 Å². The molecule has 9 nitrogen and oxygen atoms in total. The minimum atomic E-state index is -0.928. The zero-order valence-corrected chi connectivity index (χ0v) is 26.5. The van der Waals surface area contributed by atoms with Crippen LogP contribution in [0, 0.1) is 24.5 Å². The summed E-state index contributed by atoms with van der Waals surface area (Å²) < 4.78 is 36.2. The summed E-state index contributed by atoms with van der Waals surface area (Å²) in [5, 5.41) is 16.3. The third-order valence-corrected chi connectivity index (χ3v) is 8.87. The number of aryl methyl sites for hydroxylation is 2. The van der Waals surface area contributed by atoms with E-state index in [2.05, 4.69) is 15.6 Å². The lowest BCUT2D eigenvalue weighted by Crippen LogP contribution is -2.34. The molecular formula is C35H38F2N4O5. The first-order valence-electron chi connectivity index (χ1n) is 15.3. The number of aliphatic hydroxyl groups is 1. The summed E-state index contributed by atoms with van der Waals surface area (Å²) in [5.74, 6) is -3.55. The number of hydrogen-bond acceptors (Lipinski definition) is 5. The third-order valence-electron chi connectivity index (χ3n) is 8.87. The summed E-state index contributed by atoms with van der Waals surface area (Å²) in [6, 6.07) is 8.78. The normalized spacial score (nSPS) is 14.6. The number of carbonyl (C=O) groups is 3. The number of anilines is 1. The number of rotatable bonds is 8. The van der Waals surface area contributed by atoms with Crippen LogP contribution < -0.4 is 21.1 Å². The highest BCUT2D eigenvalue weighted by atomic mass is 19.1. The van der Waals surface area contributed by atoms with Crippen molar-refractivity contribution in [3.05, 3.63) is 81.5 Å². The number of ether oxygens (including phenoxy) is 1. The quantitative estimate of drug-likeness (QED) is 0.154. The predicted octanol–water partition coefficient (Wildman–Crippen LogP) is 6.32. The lowest BCUT2D eigenvalue weighted by Gasteiger charge is -2.32. The molecule has 1 atom stereocenters. The maximum Gasteiger partial charge on any atom is 0.412 e. The Labute approximate surface area is 265 Å². The van der Waals surface area contributed by atoms with Crippen molar-refractivity contribution in [3.8, 4) is 16.9 Å². The van der Waals surface area contributed by atoms with Crippen LogP contribution in [0.15, 0.2) is 36.4 Å². The number of benzene rings is 3. The molecule has 0 fully saturated rings. The van der Waals surface area contributed by atoms with Crippen LogP contribution in [-0.4, -0.2) is 40.6 Å². The molecule has 1 aliphatic rings. The molecule has 1 aromatic heterocycles. The second-order valence-electron chi connectivity index (χ2n) is 12.3. The van der Waals surface area contributed by atoms with Crippen LogP contribution in [0.2, 0.25) is 0 Å². The number of hydrogen-bond donors (Lipinski definition) is 5. The van der Waals surface area contributed by atoms with E-state index in [1.165, 1.54) is 13.1 Å². The van der Waals surface area contributed by atoms with Crippen molar-refractivity contribution in [1.29, 1.82) is 0 Å². The fourth-order valence-electron chi connectivity index (χ4n) is 6.43. The van der Waals surface area contributed by atoms with Gasteiger partial charge in [-0.25, -0.2) is 13.6 Å². The van der Waals surface area contributed by atoms with Crippen LogP contribution in [0.5, 0.6) is 5.75 Å². The molecule has 46 heavy (non-hydrogen) atoms. The van der Waals surface area contributed by atoms with Crippen molar-refractivity contribution in [2.24, 2.45) is 11.7 Å². The molecule has 0 saturated heterocycles. The molecule has 3 aromatic carbocycles. The molecular weight excluding hydrogens is 594 g/mol. The van der Waals surface area contributed by atoms with E-state index >= 15 is 4.39 Å². The highest BCUT2D eigenvalue weighted by molar-refractivity contribution is 6.12. The summed E-state index contributed by atoms with van der Waals surface area (Å²) in [4.78, 5) is 41.5. The zero-order chi connectivity index (χ0) is 33.5. The van der Waals surface area contributed by atoms with E-state index in [1.54, 1.807) is 39.0 Å². The summed E-state index contributed by atoms with van der Waals surface area (Å²) >= 11 is 0. The van der Waals surface area contributed by atoms with Crippen LogP contribution >= 0.6 is 0 Å². The molecule has 4 aromatic rings. The Kier molecular flexibility index (Phi) is 8.90. The van der Waals surface area contributed by atoms with Crippen molar-refractivity contribution in [1.82, 2.24) is 10.3 Å².